The molecule has 0 saturated carbocycles. The van der Waals surface area contributed by atoms with Gasteiger partial charge >= 0.3 is 0 Å². The summed E-state index contributed by atoms with van der Waals surface area (Å²) in [5.74, 6) is 1.13. The predicted molar refractivity (Wildman–Crippen MR) is 118 cm³/mol. The third kappa shape index (κ3) is 4.92. The van der Waals surface area contributed by atoms with Crippen molar-refractivity contribution in [2.24, 2.45) is 0 Å². The van der Waals surface area contributed by atoms with E-state index in [-0.39, 0.29) is 5.91 Å². The van der Waals surface area contributed by atoms with E-state index in [1.54, 1.807) is 12.3 Å². The summed E-state index contributed by atoms with van der Waals surface area (Å²) in [4.78, 5) is 24.5. The number of imidazole rings is 1. The van der Waals surface area contributed by atoms with E-state index in [0.717, 1.165) is 27.7 Å². The summed E-state index contributed by atoms with van der Waals surface area (Å²) in [6, 6.07) is 25.7. The second kappa shape index (κ2) is 9.21. The molecule has 2 N–H and O–H groups in total. The number of nitrogens with zero attached hydrogens (tertiary/aromatic N) is 2. The molecule has 1 amide bonds. The average molecular weight is 401 g/mol. The molecule has 6 heteroatoms. The van der Waals surface area contributed by atoms with Crippen molar-refractivity contribution in [1.82, 2.24) is 15.0 Å². The maximum absolute atomic E-state index is 12.1. The molecule has 0 saturated heterocycles. The van der Waals surface area contributed by atoms with Gasteiger partial charge in [-0.05, 0) is 12.1 Å². The van der Waals surface area contributed by atoms with Crippen molar-refractivity contribution in [3.63, 3.8) is 0 Å². The van der Waals surface area contributed by atoms with Gasteiger partial charge in [0.15, 0.2) is 5.16 Å². The normalized spacial score (nSPS) is 10.6. The van der Waals surface area contributed by atoms with Crippen LogP contribution in [0.4, 0.5) is 5.82 Å². The number of benzene rings is 2. The van der Waals surface area contributed by atoms with Crippen LogP contribution < -0.4 is 5.32 Å². The minimum atomic E-state index is -0.0608. The van der Waals surface area contributed by atoms with Crippen molar-refractivity contribution >= 4 is 23.5 Å². The predicted octanol–water partition coefficient (Wildman–Crippen LogP) is 5.26. The summed E-state index contributed by atoms with van der Waals surface area (Å²) in [6.45, 7) is 0. The van der Waals surface area contributed by atoms with Gasteiger partial charge in [0.05, 0.1) is 11.4 Å². The fourth-order valence-corrected chi connectivity index (χ4v) is 3.73. The van der Waals surface area contributed by atoms with Gasteiger partial charge < -0.3 is 10.3 Å². The molecule has 0 fully saturated rings. The Bertz CT molecular complexity index is 1010. The molecule has 2 aromatic carbocycles. The van der Waals surface area contributed by atoms with E-state index >= 15 is 0 Å². The minimum absolute atomic E-state index is 0.0608. The molecule has 0 aliphatic rings. The van der Waals surface area contributed by atoms with Gasteiger partial charge in [-0.15, -0.1) is 0 Å². The summed E-state index contributed by atoms with van der Waals surface area (Å²) >= 11 is 1.54. The number of hydrogen-bond acceptors (Lipinski definition) is 4. The molecular formula is C23H20N4OS. The first-order valence-electron chi connectivity index (χ1n) is 9.34. The number of anilines is 1. The fourth-order valence-electron chi connectivity index (χ4n) is 2.92. The van der Waals surface area contributed by atoms with Crippen LogP contribution in [-0.4, -0.2) is 26.6 Å². The number of hydrogen-bond donors (Lipinski definition) is 2. The van der Waals surface area contributed by atoms with Crippen molar-refractivity contribution in [3.05, 3.63) is 85.1 Å². The standard InChI is InChI=1S/C23H20N4OS/c28-20(25-19-13-7-8-15-24-19)14-16-29-23-26-21(17-9-3-1-4-10-17)22(27-23)18-11-5-2-6-12-18/h1-13,15H,14,16H2,(H,26,27)(H,24,25,28). The van der Waals surface area contributed by atoms with E-state index in [0.29, 0.717) is 18.0 Å². The van der Waals surface area contributed by atoms with Crippen molar-refractivity contribution in [2.75, 3.05) is 11.1 Å². The number of carbonyl (C=O) groups excluding carboxylic acids is 1. The smallest absolute Gasteiger partial charge is 0.226 e. The molecule has 144 valence electrons. The number of aromatic nitrogens is 3. The Morgan fingerprint density at radius 3 is 2.28 bits per heavy atom. The summed E-state index contributed by atoms with van der Waals surface area (Å²) in [5.41, 5.74) is 4.04. The molecule has 0 bridgehead atoms. The number of thioether (sulfide) groups is 1. The summed E-state index contributed by atoms with van der Waals surface area (Å²) in [5, 5.41) is 3.60. The zero-order valence-corrected chi connectivity index (χ0v) is 16.5. The van der Waals surface area contributed by atoms with Crippen LogP contribution in [0, 0.1) is 0 Å². The second-order valence-corrected chi connectivity index (χ2v) is 7.44. The quantitative estimate of drug-likeness (QED) is 0.415. The third-order valence-corrected chi connectivity index (χ3v) is 5.17. The molecule has 4 rings (SSSR count). The van der Waals surface area contributed by atoms with Crippen molar-refractivity contribution in [3.8, 4) is 22.5 Å². The van der Waals surface area contributed by atoms with Crippen LogP contribution in [0.5, 0.6) is 0 Å². The average Bonchev–Trinajstić information content (AvgIpc) is 3.20. The van der Waals surface area contributed by atoms with E-state index in [9.17, 15) is 4.79 Å². The van der Waals surface area contributed by atoms with Gasteiger partial charge in [-0.1, -0.05) is 78.5 Å². The molecule has 0 atom stereocenters. The minimum Gasteiger partial charge on any atom is -0.332 e. The largest absolute Gasteiger partial charge is 0.332 e. The maximum atomic E-state index is 12.1. The number of nitrogens with one attached hydrogen (secondary N) is 2. The lowest BCUT2D eigenvalue weighted by molar-refractivity contribution is -0.115. The van der Waals surface area contributed by atoms with Crippen LogP contribution in [0.3, 0.4) is 0 Å². The van der Waals surface area contributed by atoms with Crippen molar-refractivity contribution < 1.29 is 4.79 Å². The summed E-state index contributed by atoms with van der Waals surface area (Å²) in [7, 11) is 0. The van der Waals surface area contributed by atoms with Crippen LogP contribution in [-0.2, 0) is 4.79 Å². The van der Waals surface area contributed by atoms with Gasteiger partial charge in [-0.25, -0.2) is 9.97 Å². The van der Waals surface area contributed by atoms with E-state index in [4.69, 9.17) is 4.98 Å². The first-order chi connectivity index (χ1) is 14.3. The fraction of sp³-hybridized carbons (Fsp3) is 0.0870. The molecular weight excluding hydrogens is 380 g/mol. The Morgan fingerprint density at radius 1 is 0.897 bits per heavy atom. The van der Waals surface area contributed by atoms with Crippen LogP contribution in [0.25, 0.3) is 22.5 Å². The molecule has 0 aliphatic carbocycles. The zero-order valence-electron chi connectivity index (χ0n) is 15.7. The van der Waals surface area contributed by atoms with E-state index in [1.165, 1.54) is 11.8 Å². The number of carbonyl (C=O) groups is 1. The summed E-state index contributed by atoms with van der Waals surface area (Å²) < 4.78 is 0. The molecule has 4 aromatic rings. The highest BCUT2D eigenvalue weighted by molar-refractivity contribution is 7.99. The summed E-state index contributed by atoms with van der Waals surface area (Å²) in [6.07, 6.45) is 2.03. The van der Waals surface area contributed by atoms with Crippen molar-refractivity contribution in [2.45, 2.75) is 11.6 Å². The Balaban J connectivity index is 1.47. The van der Waals surface area contributed by atoms with Crippen LogP contribution >= 0.6 is 11.8 Å². The second-order valence-electron chi connectivity index (χ2n) is 6.36. The lowest BCUT2D eigenvalue weighted by Crippen LogP contribution is -2.13. The number of aromatic amines is 1. The van der Waals surface area contributed by atoms with Gasteiger partial charge in [0.2, 0.25) is 5.91 Å². The maximum Gasteiger partial charge on any atom is 0.226 e. The molecule has 2 aromatic heterocycles. The van der Waals surface area contributed by atoms with Crippen LogP contribution in [0.15, 0.2) is 90.2 Å². The monoisotopic (exact) mass is 400 g/mol. The van der Waals surface area contributed by atoms with Gasteiger partial charge in [-0.2, -0.15) is 0 Å². The SMILES string of the molecule is O=C(CCSc1nc(-c2ccccc2)c(-c2ccccc2)[nH]1)Nc1ccccn1. The highest BCUT2D eigenvalue weighted by Crippen LogP contribution is 2.32. The van der Waals surface area contributed by atoms with Gasteiger partial charge in [0.25, 0.3) is 0 Å². The van der Waals surface area contributed by atoms with E-state index in [2.05, 4.69) is 39.6 Å². The lowest BCUT2D eigenvalue weighted by Gasteiger charge is -2.03. The van der Waals surface area contributed by atoms with Gasteiger partial charge in [0, 0.05) is 29.5 Å². The van der Waals surface area contributed by atoms with Gasteiger partial charge in [-0.3, -0.25) is 4.79 Å². The number of amides is 1. The number of rotatable bonds is 7. The first kappa shape index (κ1) is 19.0. The molecule has 0 spiro atoms. The van der Waals surface area contributed by atoms with Crippen molar-refractivity contribution in [1.29, 1.82) is 0 Å². The molecule has 5 nitrogen and oxygen atoms in total. The first-order valence-corrected chi connectivity index (χ1v) is 10.3. The topological polar surface area (TPSA) is 70.7 Å². The molecule has 0 unspecified atom stereocenters. The number of H-pyrrole nitrogens is 1. The van der Waals surface area contributed by atoms with Crippen LogP contribution in [0.2, 0.25) is 0 Å². The third-order valence-electron chi connectivity index (χ3n) is 4.29. The van der Waals surface area contributed by atoms with E-state index in [1.807, 2.05) is 48.5 Å². The molecule has 2 heterocycles. The Kier molecular flexibility index (Phi) is 6.02. The molecule has 0 radical (unpaired) electrons. The highest BCUT2D eigenvalue weighted by atomic mass is 32.2. The Hall–Kier alpha value is -3.38. The Labute approximate surface area is 173 Å². The molecule has 29 heavy (non-hydrogen) atoms. The Morgan fingerprint density at radius 2 is 1.59 bits per heavy atom. The lowest BCUT2D eigenvalue weighted by atomic mass is 10.1. The van der Waals surface area contributed by atoms with E-state index < -0.39 is 0 Å². The van der Waals surface area contributed by atoms with Gasteiger partial charge in [0.1, 0.15) is 5.82 Å². The molecule has 0 aliphatic heterocycles. The highest BCUT2D eigenvalue weighted by Gasteiger charge is 2.14. The van der Waals surface area contributed by atoms with Crippen LogP contribution in [0.1, 0.15) is 6.42 Å². The zero-order chi connectivity index (χ0) is 19.9. The number of pyridine rings is 1.